The highest BCUT2D eigenvalue weighted by molar-refractivity contribution is 5.94. The Morgan fingerprint density at radius 2 is 2.17 bits per heavy atom. The zero-order valence-electron chi connectivity index (χ0n) is 13.8. The van der Waals surface area contributed by atoms with Crippen LogP contribution in [-0.4, -0.2) is 36.5 Å². The van der Waals surface area contributed by atoms with E-state index in [1.807, 2.05) is 12.1 Å². The van der Waals surface area contributed by atoms with Crippen LogP contribution in [0.25, 0.3) is 0 Å². The van der Waals surface area contributed by atoms with Crippen molar-refractivity contribution in [3.8, 4) is 5.75 Å². The van der Waals surface area contributed by atoms with Gasteiger partial charge in [-0.05, 0) is 43.0 Å². The summed E-state index contributed by atoms with van der Waals surface area (Å²) < 4.78 is 10.4. The van der Waals surface area contributed by atoms with Crippen LogP contribution < -0.4 is 10.1 Å². The van der Waals surface area contributed by atoms with Crippen LogP contribution in [0.3, 0.4) is 0 Å². The summed E-state index contributed by atoms with van der Waals surface area (Å²) >= 11 is 0. The van der Waals surface area contributed by atoms with Crippen LogP contribution >= 0.6 is 0 Å². The van der Waals surface area contributed by atoms with Crippen molar-refractivity contribution in [2.75, 3.05) is 13.7 Å². The lowest BCUT2D eigenvalue weighted by Gasteiger charge is -2.29. The van der Waals surface area contributed by atoms with E-state index in [4.69, 9.17) is 9.15 Å². The van der Waals surface area contributed by atoms with E-state index >= 15 is 0 Å². The quantitative estimate of drug-likeness (QED) is 0.918. The minimum atomic E-state index is -0.0701. The van der Waals surface area contributed by atoms with Gasteiger partial charge in [-0.15, -0.1) is 0 Å². The zero-order chi connectivity index (χ0) is 16.5. The molecule has 126 valence electrons. The Balaban J connectivity index is 1.59. The van der Waals surface area contributed by atoms with Crippen molar-refractivity contribution in [2.45, 2.75) is 37.4 Å². The standard InChI is InChI=1S/C19H22N2O3/c1-23-16-4-2-3-13(11-16)18-17(7-9-21(18)15-5-6-15)20-19(22)14-8-10-24-12-14/h2-4,8,10-12,15,17-18H,5-7,9H2,1H3,(H,20,22). The van der Waals surface area contributed by atoms with Gasteiger partial charge >= 0.3 is 0 Å². The summed E-state index contributed by atoms with van der Waals surface area (Å²) in [4.78, 5) is 15.0. The largest absolute Gasteiger partial charge is 0.497 e. The molecule has 2 unspecified atom stereocenters. The molecule has 1 aliphatic carbocycles. The molecule has 2 atom stereocenters. The number of nitrogens with zero attached hydrogens (tertiary/aromatic N) is 1. The number of ether oxygens (including phenoxy) is 1. The van der Waals surface area contributed by atoms with Crippen molar-refractivity contribution in [3.05, 3.63) is 54.0 Å². The van der Waals surface area contributed by atoms with E-state index in [2.05, 4.69) is 22.3 Å². The Kier molecular flexibility index (Phi) is 4.02. The summed E-state index contributed by atoms with van der Waals surface area (Å²) in [6, 6.07) is 10.8. The van der Waals surface area contributed by atoms with Crippen LogP contribution in [0.5, 0.6) is 5.75 Å². The number of nitrogens with one attached hydrogen (secondary N) is 1. The maximum Gasteiger partial charge on any atom is 0.254 e. The fourth-order valence-electron chi connectivity index (χ4n) is 3.68. The smallest absolute Gasteiger partial charge is 0.254 e. The zero-order valence-corrected chi connectivity index (χ0v) is 13.8. The average molecular weight is 326 g/mol. The first-order valence-corrected chi connectivity index (χ1v) is 8.49. The van der Waals surface area contributed by atoms with Crippen molar-refractivity contribution >= 4 is 5.91 Å². The molecule has 24 heavy (non-hydrogen) atoms. The number of hydrogen-bond donors (Lipinski definition) is 1. The van der Waals surface area contributed by atoms with Gasteiger partial charge in [0.1, 0.15) is 12.0 Å². The van der Waals surface area contributed by atoms with E-state index in [1.165, 1.54) is 30.9 Å². The summed E-state index contributed by atoms with van der Waals surface area (Å²) in [5, 5.41) is 3.20. The molecule has 0 bridgehead atoms. The van der Waals surface area contributed by atoms with Crippen LogP contribution in [0.15, 0.2) is 47.3 Å². The first-order chi connectivity index (χ1) is 11.8. The Morgan fingerprint density at radius 1 is 1.29 bits per heavy atom. The number of rotatable bonds is 5. The van der Waals surface area contributed by atoms with Crippen molar-refractivity contribution in [1.82, 2.24) is 10.2 Å². The monoisotopic (exact) mass is 326 g/mol. The molecule has 1 N–H and O–H groups in total. The van der Waals surface area contributed by atoms with Crippen molar-refractivity contribution in [3.63, 3.8) is 0 Å². The Hall–Kier alpha value is -2.27. The molecule has 1 amide bonds. The predicted octanol–water partition coefficient (Wildman–Crippen LogP) is 3.00. The molecule has 2 aromatic rings. The Bertz CT molecular complexity index is 709. The highest BCUT2D eigenvalue weighted by Crippen LogP contribution is 2.41. The van der Waals surface area contributed by atoms with Gasteiger partial charge in [0.2, 0.25) is 0 Å². The number of benzene rings is 1. The third-order valence-electron chi connectivity index (χ3n) is 4.99. The van der Waals surface area contributed by atoms with Crippen LogP contribution in [0.4, 0.5) is 0 Å². The normalized spacial score (nSPS) is 24.0. The Morgan fingerprint density at radius 3 is 2.88 bits per heavy atom. The third kappa shape index (κ3) is 2.91. The van der Waals surface area contributed by atoms with Gasteiger partial charge in [-0.3, -0.25) is 9.69 Å². The molecule has 2 aliphatic rings. The number of carbonyl (C=O) groups is 1. The minimum Gasteiger partial charge on any atom is -0.497 e. The number of furan rings is 1. The molecule has 1 aromatic carbocycles. The van der Waals surface area contributed by atoms with Gasteiger partial charge in [0, 0.05) is 12.6 Å². The molecule has 2 fully saturated rings. The molecular formula is C19H22N2O3. The molecule has 4 rings (SSSR count). The molecule has 5 nitrogen and oxygen atoms in total. The van der Waals surface area contributed by atoms with E-state index in [-0.39, 0.29) is 18.0 Å². The summed E-state index contributed by atoms with van der Waals surface area (Å²) in [5.41, 5.74) is 1.78. The van der Waals surface area contributed by atoms with E-state index < -0.39 is 0 Å². The topological polar surface area (TPSA) is 54.7 Å². The van der Waals surface area contributed by atoms with Gasteiger partial charge in [0.15, 0.2) is 0 Å². The van der Waals surface area contributed by atoms with Gasteiger partial charge in [-0.2, -0.15) is 0 Å². The van der Waals surface area contributed by atoms with E-state index in [0.717, 1.165) is 18.7 Å². The fraction of sp³-hybridized carbons (Fsp3) is 0.421. The number of amides is 1. The van der Waals surface area contributed by atoms with Gasteiger partial charge in [-0.25, -0.2) is 0 Å². The molecule has 5 heteroatoms. The molecule has 1 saturated carbocycles. The van der Waals surface area contributed by atoms with Gasteiger partial charge in [0.25, 0.3) is 5.91 Å². The number of hydrogen-bond acceptors (Lipinski definition) is 4. The van der Waals surface area contributed by atoms with Gasteiger partial charge in [-0.1, -0.05) is 12.1 Å². The van der Waals surface area contributed by atoms with Crippen molar-refractivity contribution in [1.29, 1.82) is 0 Å². The SMILES string of the molecule is COc1cccc(C2C(NC(=O)c3ccoc3)CCN2C2CC2)c1. The van der Waals surface area contributed by atoms with Gasteiger partial charge < -0.3 is 14.5 Å². The van der Waals surface area contributed by atoms with Crippen LogP contribution in [0, 0.1) is 0 Å². The molecule has 0 spiro atoms. The predicted molar refractivity (Wildman–Crippen MR) is 90.0 cm³/mol. The van der Waals surface area contributed by atoms with E-state index in [9.17, 15) is 4.79 Å². The summed E-state index contributed by atoms with van der Waals surface area (Å²) in [6.07, 6.45) is 6.48. The molecule has 2 heterocycles. The minimum absolute atomic E-state index is 0.0701. The van der Waals surface area contributed by atoms with Crippen LogP contribution in [0.1, 0.15) is 41.2 Å². The fourth-order valence-corrected chi connectivity index (χ4v) is 3.68. The molecular weight excluding hydrogens is 304 g/mol. The lowest BCUT2D eigenvalue weighted by Crippen LogP contribution is -2.40. The van der Waals surface area contributed by atoms with Crippen LogP contribution in [-0.2, 0) is 0 Å². The molecule has 1 aromatic heterocycles. The third-order valence-corrected chi connectivity index (χ3v) is 4.99. The van der Waals surface area contributed by atoms with Gasteiger partial charge in [0.05, 0.1) is 31.0 Å². The molecule has 1 aliphatic heterocycles. The first-order valence-electron chi connectivity index (χ1n) is 8.49. The van der Waals surface area contributed by atoms with E-state index in [1.54, 1.807) is 13.2 Å². The lowest BCUT2D eigenvalue weighted by molar-refractivity contribution is 0.0923. The maximum atomic E-state index is 12.4. The highest BCUT2D eigenvalue weighted by atomic mass is 16.5. The maximum absolute atomic E-state index is 12.4. The first kappa shape index (κ1) is 15.3. The second-order valence-corrected chi connectivity index (χ2v) is 6.57. The number of methoxy groups -OCH3 is 1. The summed E-state index contributed by atoms with van der Waals surface area (Å²) in [5.74, 6) is 0.786. The number of carbonyl (C=O) groups excluding carboxylic acids is 1. The van der Waals surface area contributed by atoms with E-state index in [0.29, 0.717) is 11.6 Å². The summed E-state index contributed by atoms with van der Waals surface area (Å²) in [6.45, 7) is 1.02. The molecule has 1 saturated heterocycles. The second-order valence-electron chi connectivity index (χ2n) is 6.57. The van der Waals surface area contributed by atoms with Crippen molar-refractivity contribution < 1.29 is 13.9 Å². The number of likely N-dealkylation sites (tertiary alicyclic amines) is 1. The lowest BCUT2D eigenvalue weighted by atomic mass is 9.99. The summed E-state index contributed by atoms with van der Waals surface area (Å²) in [7, 11) is 1.69. The van der Waals surface area contributed by atoms with Crippen LogP contribution in [0.2, 0.25) is 0 Å². The highest BCUT2D eigenvalue weighted by Gasteiger charge is 2.43. The van der Waals surface area contributed by atoms with Crippen molar-refractivity contribution in [2.24, 2.45) is 0 Å². The molecule has 0 radical (unpaired) electrons. The Labute approximate surface area is 141 Å². The average Bonchev–Trinajstić information content (AvgIpc) is 3.14. The second kappa shape index (κ2) is 6.32.